The zero-order valence-electron chi connectivity index (χ0n) is 20.5. The number of hydrogen-bond acceptors (Lipinski definition) is 7. The van der Waals surface area contributed by atoms with E-state index in [1.165, 1.54) is 11.8 Å². The van der Waals surface area contributed by atoms with Gasteiger partial charge in [-0.05, 0) is 50.5 Å². The van der Waals surface area contributed by atoms with E-state index >= 15 is 0 Å². The van der Waals surface area contributed by atoms with Crippen molar-refractivity contribution in [1.29, 1.82) is 0 Å². The molecule has 1 aromatic carbocycles. The van der Waals surface area contributed by atoms with Crippen LogP contribution < -0.4 is 10.5 Å². The van der Waals surface area contributed by atoms with E-state index in [0.29, 0.717) is 52.3 Å². The molecule has 4 heterocycles. The predicted molar refractivity (Wildman–Crippen MR) is 148 cm³/mol. The standard InChI is InChI=1S/C27H28N4O3S2/c1-17-8-7-12-30-23(17)28-24(29-15-18(2)34-19(3)16-29)21(25(30)32)14-22-26(33)31(27(35)36-22)13-11-20-9-5-4-6-10-20/h4-10,12,14,18-19H,11,13,15-16H2,1-3H3/b22-14+. The second-order valence-corrected chi connectivity index (χ2v) is 10.9. The van der Waals surface area contributed by atoms with Gasteiger partial charge in [0, 0.05) is 25.8 Å². The van der Waals surface area contributed by atoms with Crippen molar-refractivity contribution in [1.82, 2.24) is 14.3 Å². The summed E-state index contributed by atoms with van der Waals surface area (Å²) in [7, 11) is 0. The molecule has 2 aliphatic rings. The summed E-state index contributed by atoms with van der Waals surface area (Å²) in [6, 6.07) is 13.8. The van der Waals surface area contributed by atoms with Gasteiger partial charge >= 0.3 is 0 Å². The third-order valence-electron chi connectivity index (χ3n) is 6.40. The molecule has 2 atom stereocenters. The maximum atomic E-state index is 13.7. The number of morpholine rings is 1. The number of rotatable bonds is 5. The quantitative estimate of drug-likeness (QED) is 0.371. The van der Waals surface area contributed by atoms with Gasteiger partial charge in [0.25, 0.3) is 11.5 Å². The number of thioether (sulfide) groups is 1. The van der Waals surface area contributed by atoms with Crippen molar-refractivity contribution in [2.45, 2.75) is 39.4 Å². The fraction of sp³-hybridized carbons (Fsp3) is 0.333. The maximum absolute atomic E-state index is 13.7. The first-order valence-electron chi connectivity index (χ1n) is 12.0. The van der Waals surface area contributed by atoms with E-state index in [9.17, 15) is 9.59 Å². The number of nitrogens with zero attached hydrogens (tertiary/aromatic N) is 4. The van der Waals surface area contributed by atoms with Gasteiger partial charge in [0.1, 0.15) is 15.8 Å². The molecule has 36 heavy (non-hydrogen) atoms. The minimum Gasteiger partial charge on any atom is -0.372 e. The Morgan fingerprint density at radius 1 is 1.11 bits per heavy atom. The van der Waals surface area contributed by atoms with Crippen LogP contribution in [0, 0.1) is 6.92 Å². The number of benzene rings is 1. The summed E-state index contributed by atoms with van der Waals surface area (Å²) in [5.74, 6) is 0.398. The molecule has 7 nitrogen and oxygen atoms in total. The van der Waals surface area contributed by atoms with Crippen LogP contribution in [0.2, 0.25) is 0 Å². The van der Waals surface area contributed by atoms with Crippen molar-refractivity contribution >= 4 is 51.7 Å². The fourth-order valence-electron chi connectivity index (χ4n) is 4.73. The van der Waals surface area contributed by atoms with E-state index < -0.39 is 0 Å². The Labute approximate surface area is 219 Å². The molecule has 2 aliphatic heterocycles. The van der Waals surface area contributed by atoms with Gasteiger partial charge in [-0.15, -0.1) is 0 Å². The molecular weight excluding hydrogens is 492 g/mol. The SMILES string of the molecule is Cc1cccn2c(=O)c(/C=C3/SC(=S)N(CCc4ccccc4)C3=O)c(N3CC(C)OC(C)C3)nc12. The van der Waals surface area contributed by atoms with Gasteiger partial charge in [-0.1, -0.05) is 60.4 Å². The fourth-order valence-corrected chi connectivity index (χ4v) is 6.02. The molecule has 0 radical (unpaired) electrons. The number of aromatic nitrogens is 2. The van der Waals surface area contributed by atoms with Crippen LogP contribution in [0.4, 0.5) is 5.82 Å². The zero-order valence-corrected chi connectivity index (χ0v) is 22.1. The molecule has 2 unspecified atom stereocenters. The van der Waals surface area contributed by atoms with Crippen molar-refractivity contribution in [3.05, 3.63) is 80.6 Å². The number of carbonyl (C=O) groups excluding carboxylic acids is 1. The zero-order chi connectivity index (χ0) is 25.4. The Hall–Kier alpha value is -3.01. The minimum absolute atomic E-state index is 0.00470. The molecule has 0 N–H and O–H groups in total. The number of thiocarbonyl (C=S) groups is 1. The minimum atomic E-state index is -0.208. The van der Waals surface area contributed by atoms with Crippen LogP contribution in [0.3, 0.4) is 0 Å². The van der Waals surface area contributed by atoms with Gasteiger partial charge in [-0.2, -0.15) is 0 Å². The largest absolute Gasteiger partial charge is 0.372 e. The number of pyridine rings is 1. The molecule has 2 aromatic heterocycles. The molecule has 0 bridgehead atoms. The van der Waals surface area contributed by atoms with Crippen LogP contribution >= 0.6 is 24.0 Å². The molecule has 2 fully saturated rings. The van der Waals surface area contributed by atoms with Crippen LogP contribution in [0.15, 0.2) is 58.4 Å². The summed E-state index contributed by atoms with van der Waals surface area (Å²) in [6.07, 6.45) is 4.08. The average molecular weight is 521 g/mol. The number of hydrogen-bond donors (Lipinski definition) is 0. The smallest absolute Gasteiger partial charge is 0.267 e. The highest BCUT2D eigenvalue weighted by Gasteiger charge is 2.33. The van der Waals surface area contributed by atoms with Crippen molar-refractivity contribution in [3.8, 4) is 0 Å². The summed E-state index contributed by atoms with van der Waals surface area (Å²) in [4.78, 5) is 36.2. The molecule has 0 aliphatic carbocycles. The van der Waals surface area contributed by atoms with E-state index in [1.807, 2.05) is 63.2 Å². The van der Waals surface area contributed by atoms with Crippen LogP contribution in [0.25, 0.3) is 11.7 Å². The number of fused-ring (bicyclic) bond motifs is 1. The Morgan fingerprint density at radius 3 is 2.56 bits per heavy atom. The van der Waals surface area contributed by atoms with Gasteiger partial charge in [-0.3, -0.25) is 18.9 Å². The molecule has 2 saturated heterocycles. The van der Waals surface area contributed by atoms with Crippen LogP contribution in [-0.4, -0.2) is 56.4 Å². The van der Waals surface area contributed by atoms with E-state index in [1.54, 1.807) is 21.6 Å². The Morgan fingerprint density at radius 2 is 1.83 bits per heavy atom. The van der Waals surface area contributed by atoms with E-state index in [-0.39, 0.29) is 23.7 Å². The van der Waals surface area contributed by atoms with Crippen LogP contribution in [0.5, 0.6) is 0 Å². The summed E-state index contributed by atoms with van der Waals surface area (Å²) in [6.45, 7) is 7.67. The summed E-state index contributed by atoms with van der Waals surface area (Å²) >= 11 is 6.78. The summed E-state index contributed by atoms with van der Waals surface area (Å²) in [5.41, 5.74) is 2.84. The molecular formula is C27H28N4O3S2. The first kappa shape index (κ1) is 24.7. The van der Waals surface area contributed by atoms with Gasteiger partial charge in [0.15, 0.2) is 0 Å². The van der Waals surface area contributed by atoms with Gasteiger partial charge in [0.2, 0.25) is 0 Å². The summed E-state index contributed by atoms with van der Waals surface area (Å²) < 4.78 is 7.96. The Bertz CT molecular complexity index is 1410. The molecule has 5 rings (SSSR count). The second-order valence-electron chi connectivity index (χ2n) is 9.27. The number of carbonyl (C=O) groups is 1. The van der Waals surface area contributed by atoms with Crippen molar-refractivity contribution in [2.24, 2.45) is 0 Å². The highest BCUT2D eigenvalue weighted by atomic mass is 32.2. The first-order chi connectivity index (χ1) is 17.3. The van der Waals surface area contributed by atoms with Crippen LogP contribution in [-0.2, 0) is 16.0 Å². The van der Waals surface area contributed by atoms with E-state index in [0.717, 1.165) is 11.1 Å². The lowest BCUT2D eigenvalue weighted by Gasteiger charge is -2.36. The molecule has 0 spiro atoms. The lowest BCUT2D eigenvalue weighted by Crippen LogP contribution is -2.46. The van der Waals surface area contributed by atoms with Gasteiger partial charge in [-0.25, -0.2) is 4.98 Å². The lowest BCUT2D eigenvalue weighted by molar-refractivity contribution is -0.122. The van der Waals surface area contributed by atoms with Gasteiger partial charge < -0.3 is 9.64 Å². The Kier molecular flexibility index (Phi) is 6.96. The molecule has 9 heteroatoms. The molecule has 3 aromatic rings. The summed E-state index contributed by atoms with van der Waals surface area (Å²) in [5, 5.41) is 0. The first-order valence-corrected chi connectivity index (χ1v) is 13.3. The topological polar surface area (TPSA) is 67.2 Å². The molecule has 0 saturated carbocycles. The maximum Gasteiger partial charge on any atom is 0.267 e. The van der Waals surface area contributed by atoms with Crippen molar-refractivity contribution in [2.75, 3.05) is 24.5 Å². The second kappa shape index (κ2) is 10.2. The normalized spacial score (nSPS) is 21.7. The average Bonchev–Trinajstić information content (AvgIpc) is 3.11. The highest BCUT2D eigenvalue weighted by molar-refractivity contribution is 8.26. The number of aryl methyl sites for hydroxylation is 1. The third kappa shape index (κ3) is 4.83. The van der Waals surface area contributed by atoms with E-state index in [4.69, 9.17) is 21.9 Å². The number of ether oxygens (including phenoxy) is 1. The molecule has 186 valence electrons. The lowest BCUT2D eigenvalue weighted by atomic mass is 10.1. The van der Waals surface area contributed by atoms with Crippen LogP contribution in [0.1, 0.15) is 30.5 Å². The number of anilines is 1. The number of amides is 1. The van der Waals surface area contributed by atoms with Crippen molar-refractivity contribution in [3.63, 3.8) is 0 Å². The monoisotopic (exact) mass is 520 g/mol. The van der Waals surface area contributed by atoms with E-state index in [2.05, 4.69) is 4.90 Å². The third-order valence-corrected chi connectivity index (χ3v) is 7.78. The van der Waals surface area contributed by atoms with Gasteiger partial charge in [0.05, 0.1) is 22.7 Å². The Balaban J connectivity index is 1.54. The predicted octanol–water partition coefficient (Wildman–Crippen LogP) is 4.06. The highest BCUT2D eigenvalue weighted by Crippen LogP contribution is 2.34. The van der Waals surface area contributed by atoms with Crippen molar-refractivity contribution < 1.29 is 9.53 Å². The molecule has 1 amide bonds.